The molecule has 0 amide bonds. The molecule has 294 valence electrons. The zero-order valence-electron chi connectivity index (χ0n) is 33.7. The molecule has 0 bridgehead atoms. The Morgan fingerprint density at radius 1 is 0.302 bits per heavy atom. The number of hydrogen-bond acceptors (Lipinski definition) is 6. The van der Waals surface area contributed by atoms with Crippen LogP contribution < -0.4 is 4.90 Å². The Morgan fingerprint density at radius 3 is 1.46 bits per heavy atom. The zero-order valence-corrected chi connectivity index (χ0v) is 34.6. The van der Waals surface area contributed by atoms with Gasteiger partial charge in [-0.15, -0.1) is 11.3 Å². The van der Waals surface area contributed by atoms with Crippen molar-refractivity contribution in [2.45, 2.75) is 0 Å². The summed E-state index contributed by atoms with van der Waals surface area (Å²) in [6.07, 6.45) is 0. The molecule has 13 aromatic rings. The summed E-state index contributed by atoms with van der Waals surface area (Å²) in [5.41, 5.74) is 7.74. The molecule has 13 rings (SSSR count). The molecule has 0 aliphatic rings. The first-order chi connectivity index (χ1) is 31.2. The number of rotatable bonds is 6. The molecule has 0 unspecified atom stereocenters. The minimum Gasteiger partial charge on any atom is -0.456 e. The van der Waals surface area contributed by atoms with Crippen LogP contribution in [0.4, 0.5) is 17.1 Å². The van der Waals surface area contributed by atoms with Crippen LogP contribution in [0.5, 0.6) is 0 Å². The number of furan rings is 1. The van der Waals surface area contributed by atoms with Crippen LogP contribution in [0.1, 0.15) is 0 Å². The molecule has 6 heteroatoms. The minimum absolute atomic E-state index is 0.620. The van der Waals surface area contributed by atoms with Crippen LogP contribution in [0.2, 0.25) is 0 Å². The molecular formula is C57H34N4OS. The molecule has 0 aliphatic carbocycles. The van der Waals surface area contributed by atoms with Gasteiger partial charge in [0.2, 0.25) is 0 Å². The zero-order chi connectivity index (χ0) is 41.4. The molecule has 5 nitrogen and oxygen atoms in total. The van der Waals surface area contributed by atoms with Crippen molar-refractivity contribution in [2.75, 3.05) is 4.90 Å². The van der Waals surface area contributed by atoms with Gasteiger partial charge >= 0.3 is 0 Å². The van der Waals surface area contributed by atoms with E-state index in [-0.39, 0.29) is 0 Å². The lowest BCUT2D eigenvalue weighted by Gasteiger charge is -2.26. The van der Waals surface area contributed by atoms with Gasteiger partial charge in [0.1, 0.15) is 11.2 Å². The molecule has 63 heavy (non-hydrogen) atoms. The lowest BCUT2D eigenvalue weighted by molar-refractivity contribution is 0.669. The van der Waals surface area contributed by atoms with Gasteiger partial charge in [0.25, 0.3) is 0 Å². The fourth-order valence-electron chi connectivity index (χ4n) is 9.30. The average molecular weight is 823 g/mol. The number of thiophene rings is 1. The summed E-state index contributed by atoms with van der Waals surface area (Å²) < 4.78 is 8.99. The molecule has 0 saturated heterocycles. The number of anilines is 3. The van der Waals surface area contributed by atoms with Crippen molar-refractivity contribution in [3.05, 3.63) is 206 Å². The van der Waals surface area contributed by atoms with E-state index < -0.39 is 0 Å². The molecule has 10 aromatic carbocycles. The van der Waals surface area contributed by atoms with Gasteiger partial charge in [-0.05, 0) is 111 Å². The Balaban J connectivity index is 1.00. The van der Waals surface area contributed by atoms with Crippen molar-refractivity contribution in [1.82, 2.24) is 15.0 Å². The smallest absolute Gasteiger partial charge is 0.164 e. The van der Waals surface area contributed by atoms with Crippen LogP contribution >= 0.6 is 11.3 Å². The van der Waals surface area contributed by atoms with Gasteiger partial charge in [-0.2, -0.15) is 0 Å². The van der Waals surface area contributed by atoms with Crippen LogP contribution in [-0.4, -0.2) is 15.0 Å². The van der Waals surface area contributed by atoms with Crippen molar-refractivity contribution < 1.29 is 4.42 Å². The van der Waals surface area contributed by atoms with Gasteiger partial charge in [0.05, 0.1) is 0 Å². The van der Waals surface area contributed by atoms with Crippen LogP contribution in [0.3, 0.4) is 0 Å². The number of hydrogen-bond donors (Lipinski definition) is 0. The predicted octanol–water partition coefficient (Wildman–Crippen LogP) is 16.1. The number of para-hydroxylation sites is 1. The number of fused-ring (bicyclic) bond motifs is 12. The van der Waals surface area contributed by atoms with E-state index in [1.165, 1.54) is 52.5 Å². The third-order valence-corrected chi connectivity index (χ3v) is 13.4. The maximum atomic E-state index is 6.44. The van der Waals surface area contributed by atoms with Gasteiger partial charge in [-0.3, -0.25) is 0 Å². The van der Waals surface area contributed by atoms with Crippen molar-refractivity contribution in [2.24, 2.45) is 0 Å². The minimum atomic E-state index is 0.620. The van der Waals surface area contributed by atoms with E-state index >= 15 is 0 Å². The van der Waals surface area contributed by atoms with Crippen LogP contribution in [0, 0.1) is 0 Å². The largest absolute Gasteiger partial charge is 0.456 e. The van der Waals surface area contributed by atoms with Crippen LogP contribution in [-0.2, 0) is 0 Å². The van der Waals surface area contributed by atoms with Crippen LogP contribution in [0.25, 0.3) is 109 Å². The monoisotopic (exact) mass is 822 g/mol. The first kappa shape index (κ1) is 35.6. The van der Waals surface area contributed by atoms with E-state index in [1.807, 2.05) is 84.1 Å². The first-order valence-electron chi connectivity index (χ1n) is 21.1. The molecule has 0 atom stereocenters. The SMILES string of the molecule is c1ccc(-c2nc(-c3ccccc3)nc(-c3ccc(N(c4ccc5sc6ccccc6c5c4)c4ccc5c(c4)c4ccccc4c4cc6c(cc54)oc4ccccc46)cc3)n2)cc1. The van der Waals surface area contributed by atoms with Crippen LogP contribution in [0.15, 0.2) is 211 Å². The predicted molar refractivity (Wildman–Crippen MR) is 264 cm³/mol. The maximum Gasteiger partial charge on any atom is 0.164 e. The van der Waals surface area contributed by atoms with Crippen molar-refractivity contribution in [3.8, 4) is 34.2 Å². The Labute approximate surface area is 365 Å². The highest BCUT2D eigenvalue weighted by molar-refractivity contribution is 7.25. The second kappa shape index (κ2) is 14.2. The summed E-state index contributed by atoms with van der Waals surface area (Å²) in [4.78, 5) is 17.3. The summed E-state index contributed by atoms with van der Waals surface area (Å²) in [5.74, 6) is 1.89. The van der Waals surface area contributed by atoms with Crippen molar-refractivity contribution in [1.29, 1.82) is 0 Å². The Morgan fingerprint density at radius 2 is 0.778 bits per heavy atom. The molecular weight excluding hydrogens is 789 g/mol. The lowest BCUT2D eigenvalue weighted by atomic mass is 9.92. The number of aromatic nitrogens is 3. The Kier molecular flexibility index (Phi) is 8.01. The first-order valence-corrected chi connectivity index (χ1v) is 21.9. The highest BCUT2D eigenvalue weighted by Crippen LogP contribution is 2.45. The highest BCUT2D eigenvalue weighted by Gasteiger charge is 2.20. The lowest BCUT2D eigenvalue weighted by Crippen LogP contribution is -2.10. The molecule has 0 spiro atoms. The summed E-state index contributed by atoms with van der Waals surface area (Å²) in [6.45, 7) is 0. The summed E-state index contributed by atoms with van der Waals surface area (Å²) in [6, 6.07) is 72.9. The molecule has 3 heterocycles. The van der Waals surface area contributed by atoms with Gasteiger partial charge in [-0.25, -0.2) is 15.0 Å². The summed E-state index contributed by atoms with van der Waals surface area (Å²) >= 11 is 1.83. The van der Waals surface area contributed by atoms with E-state index in [1.54, 1.807) is 0 Å². The molecule has 0 radical (unpaired) electrons. The van der Waals surface area contributed by atoms with E-state index in [2.05, 4.69) is 138 Å². The third kappa shape index (κ3) is 5.87. The normalized spacial score (nSPS) is 11.8. The standard InChI is InChI=1S/C57H34N4OS/c1-3-13-35(14-4-1)55-58-56(36-15-5-2-6-16-36)60-57(59-55)37-23-25-38(26-24-37)61(40-28-30-54-50(32-40)45-20-10-12-22-53(45)63-54)39-27-29-43-46(31-39)41-17-7-8-18-42(41)47-33-49-44-19-9-11-21-51(44)62-52(49)34-48(43)47/h1-34H. The molecule has 0 aliphatic heterocycles. The molecule has 0 N–H and O–H groups in total. The van der Waals surface area contributed by atoms with Crippen molar-refractivity contribution >= 4 is 103 Å². The van der Waals surface area contributed by atoms with Crippen molar-refractivity contribution in [3.63, 3.8) is 0 Å². The topological polar surface area (TPSA) is 55.1 Å². The van der Waals surface area contributed by atoms with Gasteiger partial charge in [0.15, 0.2) is 17.5 Å². The fourth-order valence-corrected chi connectivity index (χ4v) is 10.4. The summed E-state index contributed by atoms with van der Waals surface area (Å²) in [5, 5.41) is 12.0. The average Bonchev–Trinajstić information content (AvgIpc) is 3.92. The molecule has 0 fully saturated rings. The van der Waals surface area contributed by atoms with E-state index in [0.29, 0.717) is 17.5 Å². The van der Waals surface area contributed by atoms with Gasteiger partial charge in [-0.1, -0.05) is 127 Å². The Bertz CT molecular complexity index is 3860. The maximum absolute atomic E-state index is 6.44. The second-order valence-electron chi connectivity index (χ2n) is 16.0. The van der Waals surface area contributed by atoms with E-state index in [9.17, 15) is 0 Å². The van der Waals surface area contributed by atoms with E-state index in [4.69, 9.17) is 19.4 Å². The molecule has 3 aromatic heterocycles. The van der Waals surface area contributed by atoms with Gasteiger partial charge < -0.3 is 9.32 Å². The third-order valence-electron chi connectivity index (χ3n) is 12.3. The molecule has 0 saturated carbocycles. The quantitative estimate of drug-likeness (QED) is 0.156. The number of benzene rings is 10. The Hall–Kier alpha value is -8.19. The summed E-state index contributed by atoms with van der Waals surface area (Å²) in [7, 11) is 0. The highest BCUT2D eigenvalue weighted by atomic mass is 32.1. The van der Waals surface area contributed by atoms with E-state index in [0.717, 1.165) is 55.7 Å². The number of nitrogens with zero attached hydrogens (tertiary/aromatic N) is 4. The van der Waals surface area contributed by atoms with Gasteiger partial charge in [0, 0.05) is 64.7 Å². The second-order valence-corrected chi connectivity index (χ2v) is 17.1. The fraction of sp³-hybridized carbons (Fsp3) is 0.